The Morgan fingerprint density at radius 3 is 2.73 bits per heavy atom. The number of thioether (sulfide) groups is 1. The molecule has 0 N–H and O–H groups in total. The van der Waals surface area contributed by atoms with Gasteiger partial charge in [-0.25, -0.2) is 14.2 Å². The number of nitrogens with zero attached hydrogens (tertiary/aromatic N) is 2. The van der Waals surface area contributed by atoms with E-state index in [1.165, 1.54) is 23.9 Å². The summed E-state index contributed by atoms with van der Waals surface area (Å²) in [5, 5.41) is 0.577. The van der Waals surface area contributed by atoms with Gasteiger partial charge in [-0.15, -0.1) is 0 Å². The highest BCUT2D eigenvalue weighted by Gasteiger charge is 2.41. The van der Waals surface area contributed by atoms with Crippen LogP contribution in [0.15, 0.2) is 40.5 Å². The standard InChI is InChI=1S/C19H21FN2O3S/c1-11(2)10-25-18(24)16-12(3)21-19-22(15(23)8-9-26-19)17(16)13-4-6-14(20)7-5-13/h4-7,11,17H,8-10H2,1-3H3/t17-/m1/s1. The maximum absolute atomic E-state index is 13.4. The van der Waals surface area contributed by atoms with Crippen LogP contribution in [0.2, 0.25) is 0 Å². The van der Waals surface area contributed by atoms with Gasteiger partial charge in [-0.3, -0.25) is 9.69 Å². The van der Waals surface area contributed by atoms with Crippen molar-refractivity contribution in [1.82, 2.24) is 4.90 Å². The number of amidine groups is 1. The summed E-state index contributed by atoms with van der Waals surface area (Å²) in [6.07, 6.45) is 0.370. The van der Waals surface area contributed by atoms with Crippen molar-refractivity contribution in [2.75, 3.05) is 12.4 Å². The molecule has 1 atom stereocenters. The number of ether oxygens (including phenoxy) is 1. The molecule has 1 amide bonds. The van der Waals surface area contributed by atoms with Crippen molar-refractivity contribution in [1.29, 1.82) is 0 Å². The molecule has 1 saturated heterocycles. The molecule has 0 spiro atoms. The van der Waals surface area contributed by atoms with Gasteiger partial charge in [-0.05, 0) is 30.5 Å². The molecule has 0 aliphatic carbocycles. The Morgan fingerprint density at radius 1 is 1.38 bits per heavy atom. The van der Waals surface area contributed by atoms with Gasteiger partial charge in [0.1, 0.15) is 5.82 Å². The highest BCUT2D eigenvalue weighted by atomic mass is 32.2. The second-order valence-electron chi connectivity index (χ2n) is 6.70. The Labute approximate surface area is 156 Å². The number of amides is 1. The molecular weight excluding hydrogens is 355 g/mol. The Balaban J connectivity index is 2.06. The topological polar surface area (TPSA) is 59.0 Å². The smallest absolute Gasteiger partial charge is 0.338 e. The van der Waals surface area contributed by atoms with Gasteiger partial charge >= 0.3 is 5.97 Å². The predicted octanol–water partition coefficient (Wildman–Crippen LogP) is 3.68. The second kappa shape index (κ2) is 7.61. The van der Waals surface area contributed by atoms with Crippen molar-refractivity contribution < 1.29 is 18.7 Å². The largest absolute Gasteiger partial charge is 0.462 e. The van der Waals surface area contributed by atoms with Crippen molar-refractivity contribution in [3.63, 3.8) is 0 Å². The molecule has 0 radical (unpaired) electrons. The van der Waals surface area contributed by atoms with Crippen LogP contribution in [0.4, 0.5) is 4.39 Å². The lowest BCUT2D eigenvalue weighted by molar-refractivity contribution is -0.141. The molecule has 1 aromatic carbocycles. The van der Waals surface area contributed by atoms with Crippen molar-refractivity contribution in [2.24, 2.45) is 10.9 Å². The van der Waals surface area contributed by atoms with Crippen molar-refractivity contribution in [3.05, 3.63) is 46.9 Å². The molecule has 0 bridgehead atoms. The lowest BCUT2D eigenvalue weighted by atomic mass is 9.94. The van der Waals surface area contributed by atoms with E-state index in [0.717, 1.165) is 0 Å². The molecule has 1 fully saturated rings. The number of allylic oxidation sites excluding steroid dienone is 1. The number of hydrogen-bond donors (Lipinski definition) is 0. The molecule has 26 heavy (non-hydrogen) atoms. The second-order valence-corrected chi connectivity index (χ2v) is 7.76. The molecule has 3 rings (SSSR count). The molecule has 138 valence electrons. The van der Waals surface area contributed by atoms with Gasteiger partial charge in [0, 0.05) is 12.2 Å². The van der Waals surface area contributed by atoms with Gasteiger partial charge in [-0.2, -0.15) is 0 Å². The van der Waals surface area contributed by atoms with Crippen LogP contribution < -0.4 is 0 Å². The molecular formula is C19H21FN2O3S. The quantitative estimate of drug-likeness (QED) is 0.752. The zero-order valence-corrected chi connectivity index (χ0v) is 15.8. The van der Waals surface area contributed by atoms with Crippen LogP contribution in [-0.4, -0.2) is 34.3 Å². The summed E-state index contributed by atoms with van der Waals surface area (Å²) in [4.78, 5) is 31.4. The minimum atomic E-state index is -0.650. The summed E-state index contributed by atoms with van der Waals surface area (Å²) in [6, 6.07) is 5.20. The van der Waals surface area contributed by atoms with Crippen molar-refractivity contribution >= 4 is 28.8 Å². The minimum absolute atomic E-state index is 0.0986. The van der Waals surface area contributed by atoms with Gasteiger partial charge < -0.3 is 4.74 Å². The third-order valence-electron chi connectivity index (χ3n) is 4.16. The van der Waals surface area contributed by atoms with E-state index < -0.39 is 12.0 Å². The lowest BCUT2D eigenvalue weighted by Gasteiger charge is -2.38. The van der Waals surface area contributed by atoms with Crippen LogP contribution in [0.25, 0.3) is 0 Å². The monoisotopic (exact) mass is 376 g/mol. The summed E-state index contributed by atoms with van der Waals surface area (Å²) >= 11 is 1.48. The lowest BCUT2D eigenvalue weighted by Crippen LogP contribution is -2.45. The van der Waals surface area contributed by atoms with Crippen LogP contribution in [0.1, 0.15) is 38.8 Å². The predicted molar refractivity (Wildman–Crippen MR) is 99.0 cm³/mol. The van der Waals surface area contributed by atoms with Crippen molar-refractivity contribution in [3.8, 4) is 0 Å². The molecule has 0 unspecified atom stereocenters. The Bertz CT molecular complexity index is 786. The van der Waals surface area contributed by atoms with Crippen LogP contribution in [0.5, 0.6) is 0 Å². The minimum Gasteiger partial charge on any atom is -0.462 e. The Morgan fingerprint density at radius 2 is 2.08 bits per heavy atom. The summed E-state index contributed by atoms with van der Waals surface area (Å²) in [7, 11) is 0. The third-order valence-corrected chi connectivity index (χ3v) is 5.11. The number of rotatable bonds is 4. The summed E-state index contributed by atoms with van der Waals surface area (Å²) < 4.78 is 18.8. The van der Waals surface area contributed by atoms with Gasteiger partial charge in [0.2, 0.25) is 5.91 Å². The number of esters is 1. The molecule has 2 aliphatic rings. The fourth-order valence-corrected chi connectivity index (χ4v) is 3.94. The highest BCUT2D eigenvalue weighted by Crippen LogP contribution is 2.40. The number of hydrogen-bond acceptors (Lipinski definition) is 5. The van der Waals surface area contributed by atoms with Crippen LogP contribution in [-0.2, 0) is 14.3 Å². The first-order valence-electron chi connectivity index (χ1n) is 8.55. The number of benzene rings is 1. The first-order chi connectivity index (χ1) is 12.4. The molecule has 1 aromatic rings. The average Bonchev–Trinajstić information content (AvgIpc) is 2.59. The molecule has 7 heteroatoms. The molecule has 2 heterocycles. The molecule has 2 aliphatic heterocycles. The first-order valence-corrected chi connectivity index (χ1v) is 9.54. The van der Waals surface area contributed by atoms with Gasteiger partial charge in [-0.1, -0.05) is 37.7 Å². The molecule has 0 aromatic heterocycles. The first kappa shape index (κ1) is 18.6. The van der Waals surface area contributed by atoms with Gasteiger partial charge in [0.15, 0.2) is 5.17 Å². The fraction of sp³-hybridized carbons (Fsp3) is 0.421. The summed E-state index contributed by atoms with van der Waals surface area (Å²) in [5.74, 6) is -0.110. The number of carbonyl (C=O) groups is 2. The number of fused-ring (bicyclic) bond motifs is 1. The number of carbonyl (C=O) groups excluding carboxylic acids is 2. The van der Waals surface area contributed by atoms with E-state index >= 15 is 0 Å². The van der Waals surface area contributed by atoms with E-state index in [-0.39, 0.29) is 24.2 Å². The maximum Gasteiger partial charge on any atom is 0.338 e. The Hall–Kier alpha value is -2.15. The number of halogens is 1. The van der Waals surface area contributed by atoms with E-state index in [0.29, 0.717) is 34.2 Å². The normalized spacial score (nSPS) is 20.2. The van der Waals surface area contributed by atoms with E-state index in [4.69, 9.17) is 4.74 Å². The third kappa shape index (κ3) is 3.67. The van der Waals surface area contributed by atoms with Crippen molar-refractivity contribution in [2.45, 2.75) is 33.2 Å². The van der Waals surface area contributed by atoms with E-state index in [1.807, 2.05) is 13.8 Å². The molecule has 5 nitrogen and oxygen atoms in total. The Kier molecular flexibility index (Phi) is 5.46. The average molecular weight is 376 g/mol. The van der Waals surface area contributed by atoms with Crippen LogP contribution in [0, 0.1) is 11.7 Å². The summed E-state index contributed by atoms with van der Waals surface area (Å²) in [5.41, 5.74) is 1.52. The fourth-order valence-electron chi connectivity index (χ4n) is 2.94. The van der Waals surface area contributed by atoms with E-state index in [9.17, 15) is 14.0 Å². The summed E-state index contributed by atoms with van der Waals surface area (Å²) in [6.45, 7) is 5.93. The van der Waals surface area contributed by atoms with E-state index in [1.54, 1.807) is 24.0 Å². The zero-order valence-electron chi connectivity index (χ0n) is 15.0. The number of aliphatic imine (C=N–C) groups is 1. The van der Waals surface area contributed by atoms with Crippen LogP contribution >= 0.6 is 11.8 Å². The highest BCUT2D eigenvalue weighted by molar-refractivity contribution is 8.14. The maximum atomic E-state index is 13.4. The van der Waals surface area contributed by atoms with Crippen LogP contribution in [0.3, 0.4) is 0 Å². The SMILES string of the molecule is CC1=C(C(=O)OCC(C)C)[C@@H](c2ccc(F)cc2)N2C(=O)CCSC2=N1. The zero-order chi connectivity index (χ0) is 18.8. The van der Waals surface area contributed by atoms with Gasteiger partial charge in [0.25, 0.3) is 0 Å². The van der Waals surface area contributed by atoms with E-state index in [2.05, 4.69) is 4.99 Å². The van der Waals surface area contributed by atoms with Gasteiger partial charge in [0.05, 0.1) is 23.9 Å². The molecule has 0 saturated carbocycles.